The summed E-state index contributed by atoms with van der Waals surface area (Å²) in [6, 6.07) is 16.9. The van der Waals surface area contributed by atoms with E-state index in [1.807, 2.05) is 74.5 Å². The van der Waals surface area contributed by atoms with E-state index >= 15 is 0 Å². The van der Waals surface area contributed by atoms with Crippen LogP contribution in [-0.2, 0) is 36.9 Å². The number of esters is 1. The van der Waals surface area contributed by atoms with Crippen molar-refractivity contribution in [3.05, 3.63) is 71.8 Å². The molecule has 0 radical (unpaired) electrons. The molecule has 204 valence electrons. The van der Waals surface area contributed by atoms with Crippen molar-refractivity contribution in [2.24, 2.45) is 5.92 Å². The van der Waals surface area contributed by atoms with Crippen LogP contribution in [0.1, 0.15) is 44.7 Å². The summed E-state index contributed by atoms with van der Waals surface area (Å²) in [7, 11) is 1.27. The molecule has 2 aromatic carbocycles. The second-order valence-electron chi connectivity index (χ2n) is 9.98. The van der Waals surface area contributed by atoms with Crippen molar-refractivity contribution >= 4 is 23.9 Å². The van der Waals surface area contributed by atoms with Crippen LogP contribution in [0.3, 0.4) is 0 Å². The van der Waals surface area contributed by atoms with Gasteiger partial charge < -0.3 is 20.1 Å². The topological polar surface area (TPSA) is 114 Å². The Kier molecular flexibility index (Phi) is 9.87. The van der Waals surface area contributed by atoms with Gasteiger partial charge in [0.1, 0.15) is 24.2 Å². The molecule has 2 aromatic rings. The summed E-state index contributed by atoms with van der Waals surface area (Å²) in [6.45, 7) is 5.73. The average molecular weight is 524 g/mol. The summed E-state index contributed by atoms with van der Waals surface area (Å²) >= 11 is 0. The van der Waals surface area contributed by atoms with Crippen LogP contribution in [0, 0.1) is 5.92 Å². The largest absolute Gasteiger partial charge is 0.467 e. The predicted octanol–water partition coefficient (Wildman–Crippen LogP) is 3.22. The Bertz CT molecular complexity index is 1110. The zero-order chi connectivity index (χ0) is 27.7. The molecule has 0 bridgehead atoms. The molecule has 38 heavy (non-hydrogen) atoms. The molecule has 3 atom stereocenters. The van der Waals surface area contributed by atoms with Crippen molar-refractivity contribution in [3.8, 4) is 0 Å². The van der Waals surface area contributed by atoms with E-state index < -0.39 is 41.5 Å². The van der Waals surface area contributed by atoms with Crippen molar-refractivity contribution in [2.45, 2.75) is 64.3 Å². The lowest BCUT2D eigenvalue weighted by molar-refractivity contribution is -0.146. The highest BCUT2D eigenvalue weighted by molar-refractivity contribution is 5.96. The highest BCUT2D eigenvalue weighted by Crippen LogP contribution is 2.23. The van der Waals surface area contributed by atoms with Gasteiger partial charge in [0.05, 0.1) is 7.11 Å². The summed E-state index contributed by atoms with van der Waals surface area (Å²) in [6.07, 6.45) is 0.770. The highest BCUT2D eigenvalue weighted by atomic mass is 16.6. The number of methoxy groups -OCH3 is 1. The Hall–Kier alpha value is -3.88. The molecule has 1 aliphatic rings. The van der Waals surface area contributed by atoms with Crippen LogP contribution in [0.2, 0.25) is 0 Å². The number of hydrogen-bond acceptors (Lipinski definition) is 6. The summed E-state index contributed by atoms with van der Waals surface area (Å²) in [5.41, 5.74) is 0.359. The molecule has 0 saturated carbocycles. The highest BCUT2D eigenvalue weighted by Gasteiger charge is 2.44. The average Bonchev–Trinajstić information content (AvgIpc) is 3.42. The maximum Gasteiger partial charge on any atom is 0.410 e. The molecule has 1 fully saturated rings. The Labute approximate surface area is 223 Å². The number of nitrogens with one attached hydrogen (secondary N) is 2. The van der Waals surface area contributed by atoms with Gasteiger partial charge in [0.2, 0.25) is 11.8 Å². The molecule has 0 aromatic heterocycles. The molecule has 9 nitrogen and oxygen atoms in total. The predicted molar refractivity (Wildman–Crippen MR) is 142 cm³/mol. The third-order valence-corrected chi connectivity index (χ3v) is 7.08. The van der Waals surface area contributed by atoms with Gasteiger partial charge in [-0.2, -0.15) is 0 Å². The van der Waals surface area contributed by atoms with Gasteiger partial charge in [-0.25, -0.2) is 9.59 Å². The number of ether oxygens (including phenoxy) is 2. The molecular formula is C29H37N3O6. The van der Waals surface area contributed by atoms with Gasteiger partial charge >= 0.3 is 12.1 Å². The van der Waals surface area contributed by atoms with Crippen molar-refractivity contribution in [3.63, 3.8) is 0 Å². The van der Waals surface area contributed by atoms with Crippen molar-refractivity contribution in [1.29, 1.82) is 0 Å². The maximum absolute atomic E-state index is 13.5. The van der Waals surface area contributed by atoms with Crippen LogP contribution in [-0.4, -0.2) is 60.1 Å². The Morgan fingerprint density at radius 2 is 1.61 bits per heavy atom. The molecule has 1 saturated heterocycles. The second kappa shape index (κ2) is 13.1. The molecule has 1 aliphatic heterocycles. The van der Waals surface area contributed by atoms with Gasteiger partial charge in [0, 0.05) is 13.0 Å². The van der Waals surface area contributed by atoms with E-state index in [2.05, 4.69) is 10.6 Å². The van der Waals surface area contributed by atoms with Crippen LogP contribution in [0.25, 0.3) is 0 Å². The van der Waals surface area contributed by atoms with E-state index in [1.165, 1.54) is 12.0 Å². The molecule has 0 unspecified atom stereocenters. The van der Waals surface area contributed by atoms with E-state index in [4.69, 9.17) is 9.47 Å². The molecule has 3 rings (SSSR count). The smallest absolute Gasteiger partial charge is 0.410 e. The SMILES string of the molecule is COC(=O)[C@H](Cc1ccccc1)NC(=O)[C@@](C)(NC(=O)[C@H]1CCCN1C(=O)OCc1ccccc1)C(C)C. The lowest BCUT2D eigenvalue weighted by Crippen LogP contribution is -2.64. The molecule has 0 aliphatic carbocycles. The Morgan fingerprint density at radius 1 is 1.00 bits per heavy atom. The second-order valence-corrected chi connectivity index (χ2v) is 9.98. The first-order valence-corrected chi connectivity index (χ1v) is 12.9. The van der Waals surface area contributed by atoms with E-state index in [0.29, 0.717) is 19.4 Å². The van der Waals surface area contributed by atoms with E-state index in [0.717, 1.165) is 11.1 Å². The van der Waals surface area contributed by atoms with Gasteiger partial charge in [-0.05, 0) is 36.8 Å². The minimum Gasteiger partial charge on any atom is -0.467 e. The fourth-order valence-corrected chi connectivity index (χ4v) is 4.36. The number of benzene rings is 2. The molecule has 0 spiro atoms. The molecule has 2 N–H and O–H groups in total. The van der Waals surface area contributed by atoms with Crippen LogP contribution in [0.4, 0.5) is 4.79 Å². The monoisotopic (exact) mass is 523 g/mol. The van der Waals surface area contributed by atoms with Crippen LogP contribution >= 0.6 is 0 Å². The maximum atomic E-state index is 13.5. The molecule has 1 heterocycles. The lowest BCUT2D eigenvalue weighted by Gasteiger charge is -2.36. The summed E-state index contributed by atoms with van der Waals surface area (Å²) in [5.74, 6) is -1.85. The fourth-order valence-electron chi connectivity index (χ4n) is 4.36. The number of hydrogen-bond donors (Lipinski definition) is 2. The first kappa shape index (κ1) is 28.7. The zero-order valence-corrected chi connectivity index (χ0v) is 22.4. The van der Waals surface area contributed by atoms with Crippen molar-refractivity contribution in [1.82, 2.24) is 15.5 Å². The molecular weight excluding hydrogens is 486 g/mol. The fraction of sp³-hybridized carbons (Fsp3) is 0.448. The number of likely N-dealkylation sites (tertiary alicyclic amines) is 1. The Morgan fingerprint density at radius 3 is 2.18 bits per heavy atom. The first-order chi connectivity index (χ1) is 18.2. The third kappa shape index (κ3) is 7.12. The minimum absolute atomic E-state index is 0.104. The van der Waals surface area contributed by atoms with Crippen molar-refractivity contribution in [2.75, 3.05) is 13.7 Å². The summed E-state index contributed by atoms with van der Waals surface area (Å²) < 4.78 is 10.4. The van der Waals surface area contributed by atoms with Crippen LogP contribution < -0.4 is 10.6 Å². The van der Waals surface area contributed by atoms with Crippen LogP contribution in [0.5, 0.6) is 0 Å². The minimum atomic E-state index is -1.34. The summed E-state index contributed by atoms with van der Waals surface area (Å²) in [5, 5.41) is 5.64. The van der Waals surface area contributed by atoms with Gasteiger partial charge in [-0.3, -0.25) is 14.5 Å². The van der Waals surface area contributed by atoms with E-state index in [9.17, 15) is 19.2 Å². The number of carbonyl (C=O) groups is 4. The van der Waals surface area contributed by atoms with Gasteiger partial charge in [-0.15, -0.1) is 0 Å². The standard InChI is InChI=1S/C29H37N3O6/c1-20(2)29(3,27(35)30-23(26(34)37-4)18-21-12-7-5-8-13-21)31-25(33)24-16-11-17-32(24)28(36)38-19-22-14-9-6-10-15-22/h5-10,12-15,20,23-24H,11,16-19H2,1-4H3,(H,30,35)(H,31,33)/t23-,24+,29-/m0/s1. The summed E-state index contributed by atoms with van der Waals surface area (Å²) in [4.78, 5) is 53.6. The Balaban J connectivity index is 1.69. The number of nitrogens with zero attached hydrogens (tertiary/aromatic N) is 1. The van der Waals surface area contributed by atoms with E-state index in [1.54, 1.807) is 6.92 Å². The number of carbonyl (C=O) groups excluding carboxylic acids is 4. The quantitative estimate of drug-likeness (QED) is 0.463. The van der Waals surface area contributed by atoms with E-state index in [-0.39, 0.29) is 18.9 Å². The van der Waals surface area contributed by atoms with Gasteiger partial charge in [-0.1, -0.05) is 74.5 Å². The van der Waals surface area contributed by atoms with Crippen LogP contribution in [0.15, 0.2) is 60.7 Å². The van der Waals surface area contributed by atoms with Crippen molar-refractivity contribution < 1.29 is 28.7 Å². The first-order valence-electron chi connectivity index (χ1n) is 12.9. The number of amides is 3. The van der Waals surface area contributed by atoms with Gasteiger partial charge in [0.25, 0.3) is 0 Å². The molecule has 9 heteroatoms. The number of rotatable bonds is 10. The zero-order valence-electron chi connectivity index (χ0n) is 22.4. The van der Waals surface area contributed by atoms with Gasteiger partial charge in [0.15, 0.2) is 0 Å². The third-order valence-electron chi connectivity index (χ3n) is 7.08. The molecule has 3 amide bonds. The lowest BCUT2D eigenvalue weighted by atomic mass is 9.86. The normalized spacial score (nSPS) is 17.3.